The quantitative estimate of drug-likeness (QED) is 0.128. The van der Waals surface area contributed by atoms with Gasteiger partial charge >= 0.3 is 0 Å². The van der Waals surface area contributed by atoms with Crippen molar-refractivity contribution in [2.45, 2.75) is 97.3 Å². The number of allylic oxidation sites excluding steroid dienone is 1. The molecule has 0 radical (unpaired) electrons. The van der Waals surface area contributed by atoms with Crippen LogP contribution >= 0.6 is 0 Å². The largest absolute Gasteiger partial charge is 0.520 e. The van der Waals surface area contributed by atoms with Gasteiger partial charge in [-0.2, -0.15) is 0 Å². The molecule has 0 atom stereocenters. The van der Waals surface area contributed by atoms with Crippen LogP contribution in [0.4, 0.5) is 0 Å². The standard InChI is InChI=1S/C27H50O5Si2/c1-27(2,3)34(9,10)31-21-13-15-24(26(29-5)32-33(6,7)8)14-11-12-20-30-22-23-16-18-25(28-4)19-17-23/h16-19H,11-15,20-22H2,1-10H3/b26-24-. The second-order valence-electron chi connectivity index (χ2n) is 11.4. The van der Waals surface area contributed by atoms with Crippen LogP contribution in [0.1, 0.15) is 58.4 Å². The van der Waals surface area contributed by atoms with Gasteiger partial charge in [-0.25, -0.2) is 0 Å². The maximum Gasteiger partial charge on any atom is 0.264 e. The highest BCUT2D eigenvalue weighted by Gasteiger charge is 2.36. The Morgan fingerprint density at radius 1 is 0.824 bits per heavy atom. The van der Waals surface area contributed by atoms with E-state index in [0.717, 1.165) is 62.6 Å². The summed E-state index contributed by atoms with van der Waals surface area (Å²) in [7, 11) is -0.0698. The molecule has 0 unspecified atom stereocenters. The van der Waals surface area contributed by atoms with Crippen LogP contribution in [0.25, 0.3) is 0 Å². The predicted octanol–water partition coefficient (Wildman–Crippen LogP) is 7.89. The summed E-state index contributed by atoms with van der Waals surface area (Å²) < 4.78 is 29.5. The molecular formula is C27H50O5Si2. The molecule has 5 nitrogen and oxygen atoms in total. The zero-order valence-electron chi connectivity index (χ0n) is 23.5. The molecule has 0 N–H and O–H groups in total. The van der Waals surface area contributed by atoms with Crippen LogP contribution in [0.3, 0.4) is 0 Å². The van der Waals surface area contributed by atoms with E-state index >= 15 is 0 Å². The molecule has 0 saturated carbocycles. The first-order chi connectivity index (χ1) is 15.8. The first kappa shape index (κ1) is 30.7. The van der Waals surface area contributed by atoms with Crippen molar-refractivity contribution in [1.29, 1.82) is 0 Å². The Morgan fingerprint density at radius 2 is 1.44 bits per heavy atom. The van der Waals surface area contributed by atoms with E-state index in [2.05, 4.69) is 53.5 Å². The molecule has 1 rings (SSSR count). The average molecular weight is 511 g/mol. The molecule has 0 saturated heterocycles. The summed E-state index contributed by atoms with van der Waals surface area (Å²) in [5, 5.41) is 0.232. The Bertz CT molecular complexity index is 731. The monoisotopic (exact) mass is 510 g/mol. The number of unbranched alkanes of at least 4 members (excludes halogenated alkanes) is 1. The summed E-state index contributed by atoms with van der Waals surface area (Å²) in [5.74, 6) is 1.60. The van der Waals surface area contributed by atoms with E-state index in [-0.39, 0.29) is 5.04 Å². The van der Waals surface area contributed by atoms with E-state index in [9.17, 15) is 0 Å². The van der Waals surface area contributed by atoms with Gasteiger partial charge in [0.05, 0.1) is 20.8 Å². The lowest BCUT2D eigenvalue weighted by Gasteiger charge is -2.36. The molecule has 196 valence electrons. The molecule has 0 bridgehead atoms. The van der Waals surface area contributed by atoms with Gasteiger partial charge < -0.3 is 23.1 Å². The lowest BCUT2D eigenvalue weighted by molar-refractivity contribution is 0.116. The highest BCUT2D eigenvalue weighted by Crippen LogP contribution is 2.36. The van der Waals surface area contributed by atoms with E-state index in [1.165, 1.54) is 5.57 Å². The Morgan fingerprint density at radius 3 is 1.97 bits per heavy atom. The van der Waals surface area contributed by atoms with Gasteiger partial charge in [0.1, 0.15) is 5.75 Å². The fourth-order valence-electron chi connectivity index (χ4n) is 3.15. The van der Waals surface area contributed by atoms with Crippen molar-refractivity contribution in [2.75, 3.05) is 27.4 Å². The molecule has 0 aromatic heterocycles. The van der Waals surface area contributed by atoms with Crippen LogP contribution in [-0.2, 0) is 24.9 Å². The van der Waals surface area contributed by atoms with Crippen LogP contribution in [0.2, 0.25) is 37.8 Å². The van der Waals surface area contributed by atoms with Crippen LogP contribution in [0, 0.1) is 0 Å². The average Bonchev–Trinajstić information content (AvgIpc) is 2.75. The molecule has 34 heavy (non-hydrogen) atoms. The maximum absolute atomic E-state index is 6.39. The molecule has 0 aliphatic heterocycles. The lowest BCUT2D eigenvalue weighted by atomic mass is 10.0. The predicted molar refractivity (Wildman–Crippen MR) is 147 cm³/mol. The second-order valence-corrected chi connectivity index (χ2v) is 20.6. The number of methoxy groups -OCH3 is 2. The second kappa shape index (κ2) is 14.3. The van der Waals surface area contributed by atoms with Crippen molar-refractivity contribution in [3.05, 3.63) is 41.3 Å². The third-order valence-corrected chi connectivity index (χ3v) is 11.5. The maximum atomic E-state index is 6.39. The molecule has 7 heteroatoms. The minimum absolute atomic E-state index is 0.232. The van der Waals surface area contributed by atoms with Crippen LogP contribution in [0.5, 0.6) is 5.75 Å². The van der Waals surface area contributed by atoms with E-state index in [0.29, 0.717) is 6.61 Å². The Hall–Kier alpha value is -1.29. The van der Waals surface area contributed by atoms with Gasteiger partial charge in [0.15, 0.2) is 8.32 Å². The highest BCUT2D eigenvalue weighted by molar-refractivity contribution is 6.74. The topological polar surface area (TPSA) is 46.2 Å². The van der Waals surface area contributed by atoms with E-state index < -0.39 is 16.6 Å². The summed E-state index contributed by atoms with van der Waals surface area (Å²) in [6.07, 6.45) is 4.93. The molecule has 0 amide bonds. The van der Waals surface area contributed by atoms with Crippen molar-refractivity contribution in [1.82, 2.24) is 0 Å². The summed E-state index contributed by atoms with van der Waals surface area (Å²) >= 11 is 0. The van der Waals surface area contributed by atoms with Gasteiger partial charge in [-0.15, -0.1) is 0 Å². The van der Waals surface area contributed by atoms with E-state index in [1.807, 2.05) is 24.3 Å². The fraction of sp³-hybridized carbons (Fsp3) is 0.704. The lowest BCUT2D eigenvalue weighted by Crippen LogP contribution is -2.40. The van der Waals surface area contributed by atoms with Crippen molar-refractivity contribution in [3.63, 3.8) is 0 Å². The van der Waals surface area contributed by atoms with Gasteiger partial charge in [-0.05, 0) is 87.6 Å². The minimum Gasteiger partial charge on any atom is -0.520 e. The van der Waals surface area contributed by atoms with Crippen molar-refractivity contribution >= 4 is 16.6 Å². The third-order valence-electron chi connectivity index (χ3n) is 6.21. The van der Waals surface area contributed by atoms with Gasteiger partial charge in [0, 0.05) is 18.8 Å². The van der Waals surface area contributed by atoms with Gasteiger partial charge in [-0.1, -0.05) is 32.9 Å². The molecule has 1 aromatic carbocycles. The Kier molecular flexibility index (Phi) is 12.9. The van der Waals surface area contributed by atoms with E-state index in [4.69, 9.17) is 23.1 Å². The number of ether oxygens (including phenoxy) is 3. The van der Waals surface area contributed by atoms with Gasteiger partial charge in [-0.3, -0.25) is 0 Å². The third kappa shape index (κ3) is 11.9. The normalized spacial score (nSPS) is 13.5. The van der Waals surface area contributed by atoms with Crippen LogP contribution in [-0.4, -0.2) is 44.1 Å². The number of rotatable bonds is 16. The zero-order chi connectivity index (χ0) is 25.8. The first-order valence-electron chi connectivity index (χ1n) is 12.6. The minimum atomic E-state index is -1.75. The SMILES string of the molecule is CO/C(O[Si](C)(C)C)=C(\CCCCOCc1ccc(OC)cc1)CCCO[Si](C)(C)C(C)(C)C. The highest BCUT2D eigenvalue weighted by atomic mass is 28.4. The van der Waals surface area contributed by atoms with Crippen molar-refractivity contribution in [3.8, 4) is 5.75 Å². The number of hydrogen-bond acceptors (Lipinski definition) is 5. The Labute approximate surface area is 211 Å². The van der Waals surface area contributed by atoms with Crippen molar-refractivity contribution < 1.29 is 23.1 Å². The molecule has 0 aliphatic carbocycles. The van der Waals surface area contributed by atoms with Crippen molar-refractivity contribution in [2.24, 2.45) is 0 Å². The molecule has 0 spiro atoms. The molecular weight excluding hydrogens is 460 g/mol. The summed E-state index contributed by atoms with van der Waals surface area (Å²) in [5.41, 5.74) is 2.42. The molecule has 0 aliphatic rings. The number of benzene rings is 1. The first-order valence-corrected chi connectivity index (χ1v) is 18.9. The fourth-order valence-corrected chi connectivity index (χ4v) is 5.02. The van der Waals surface area contributed by atoms with Crippen LogP contribution < -0.4 is 4.74 Å². The van der Waals surface area contributed by atoms with E-state index in [1.54, 1.807) is 14.2 Å². The smallest absolute Gasteiger partial charge is 0.264 e. The molecule has 0 heterocycles. The van der Waals surface area contributed by atoms with Gasteiger partial charge in [0.2, 0.25) is 8.32 Å². The summed E-state index contributed by atoms with van der Waals surface area (Å²) in [4.78, 5) is 0. The van der Waals surface area contributed by atoms with Gasteiger partial charge in [0.25, 0.3) is 5.95 Å². The number of hydrogen-bond donors (Lipinski definition) is 0. The van der Waals surface area contributed by atoms with Crippen LogP contribution in [0.15, 0.2) is 35.8 Å². The summed E-state index contributed by atoms with van der Waals surface area (Å²) in [6.45, 7) is 20.2. The molecule has 1 aromatic rings. The Balaban J connectivity index is 2.57. The zero-order valence-corrected chi connectivity index (χ0v) is 25.5. The molecule has 0 fully saturated rings. The summed E-state index contributed by atoms with van der Waals surface area (Å²) in [6, 6.07) is 8.03.